The first-order chi connectivity index (χ1) is 9.19. The van der Waals surface area contributed by atoms with Gasteiger partial charge in [0, 0.05) is 6.42 Å². The maximum atomic E-state index is 9.29. The topological polar surface area (TPSA) is 38.7 Å². The molecule has 0 amide bonds. The summed E-state index contributed by atoms with van der Waals surface area (Å²) in [5, 5.41) is 9.29. The fraction of sp³-hybridized carbons (Fsp3) is 0.625. The Hall–Kier alpha value is -1.06. The maximum absolute atomic E-state index is 9.29. The summed E-state index contributed by atoms with van der Waals surface area (Å²) in [6.45, 7) is 4.36. The number of hydrogen-bond donors (Lipinski definition) is 1. The van der Waals surface area contributed by atoms with Crippen molar-refractivity contribution >= 4 is 0 Å². The highest BCUT2D eigenvalue weighted by atomic mass is 16.5. The van der Waals surface area contributed by atoms with E-state index in [9.17, 15) is 5.11 Å². The average Bonchev–Trinajstić information content (AvgIpc) is 2.44. The fourth-order valence-electron chi connectivity index (χ4n) is 2.80. The SMILES string of the molecule is CC[C@H](CO)O[C@@H]1Cc2c(cccc2OC)C[C@H]1C. The van der Waals surface area contributed by atoms with Crippen molar-refractivity contribution in [3.05, 3.63) is 29.3 Å². The van der Waals surface area contributed by atoms with Gasteiger partial charge in [-0.1, -0.05) is 26.0 Å². The maximum Gasteiger partial charge on any atom is 0.122 e. The van der Waals surface area contributed by atoms with Crippen molar-refractivity contribution in [3.8, 4) is 5.75 Å². The molecule has 0 aromatic heterocycles. The van der Waals surface area contributed by atoms with E-state index in [0.29, 0.717) is 5.92 Å². The van der Waals surface area contributed by atoms with Crippen LogP contribution in [0.2, 0.25) is 0 Å². The summed E-state index contributed by atoms with van der Waals surface area (Å²) < 4.78 is 11.5. The van der Waals surface area contributed by atoms with Gasteiger partial charge in [-0.05, 0) is 36.0 Å². The second-order valence-corrected chi connectivity index (χ2v) is 5.37. The molecule has 1 aromatic carbocycles. The van der Waals surface area contributed by atoms with E-state index in [4.69, 9.17) is 9.47 Å². The molecule has 0 radical (unpaired) electrons. The van der Waals surface area contributed by atoms with Crippen molar-refractivity contribution in [2.24, 2.45) is 5.92 Å². The fourth-order valence-corrected chi connectivity index (χ4v) is 2.80. The van der Waals surface area contributed by atoms with Crippen LogP contribution >= 0.6 is 0 Å². The number of hydrogen-bond acceptors (Lipinski definition) is 3. The molecular weight excluding hydrogens is 240 g/mol. The summed E-state index contributed by atoms with van der Waals surface area (Å²) >= 11 is 0. The van der Waals surface area contributed by atoms with Crippen molar-refractivity contribution < 1.29 is 14.6 Å². The van der Waals surface area contributed by atoms with Crippen LogP contribution in [0.1, 0.15) is 31.4 Å². The van der Waals surface area contributed by atoms with E-state index in [0.717, 1.165) is 25.0 Å². The Balaban J connectivity index is 2.17. The molecule has 3 atom stereocenters. The van der Waals surface area contributed by atoms with E-state index in [1.165, 1.54) is 11.1 Å². The molecule has 0 saturated heterocycles. The zero-order valence-corrected chi connectivity index (χ0v) is 12.1. The zero-order chi connectivity index (χ0) is 13.8. The molecule has 19 heavy (non-hydrogen) atoms. The van der Waals surface area contributed by atoms with E-state index >= 15 is 0 Å². The van der Waals surface area contributed by atoms with Gasteiger partial charge >= 0.3 is 0 Å². The molecule has 3 nitrogen and oxygen atoms in total. The lowest BCUT2D eigenvalue weighted by Crippen LogP contribution is -2.35. The molecule has 0 saturated carbocycles. The first-order valence-corrected chi connectivity index (χ1v) is 7.10. The molecule has 0 aliphatic heterocycles. The number of benzene rings is 1. The van der Waals surface area contributed by atoms with Crippen LogP contribution in [0.25, 0.3) is 0 Å². The van der Waals surface area contributed by atoms with Crippen molar-refractivity contribution in [3.63, 3.8) is 0 Å². The van der Waals surface area contributed by atoms with E-state index in [2.05, 4.69) is 13.0 Å². The number of fused-ring (bicyclic) bond motifs is 1. The molecule has 0 spiro atoms. The van der Waals surface area contributed by atoms with Gasteiger partial charge < -0.3 is 14.6 Å². The Labute approximate surface area is 115 Å². The van der Waals surface area contributed by atoms with E-state index < -0.39 is 0 Å². The highest BCUT2D eigenvalue weighted by molar-refractivity contribution is 5.42. The minimum Gasteiger partial charge on any atom is -0.496 e. The van der Waals surface area contributed by atoms with Gasteiger partial charge in [-0.2, -0.15) is 0 Å². The molecule has 106 valence electrons. The van der Waals surface area contributed by atoms with E-state index in [-0.39, 0.29) is 18.8 Å². The first-order valence-electron chi connectivity index (χ1n) is 7.10. The third-order valence-electron chi connectivity index (χ3n) is 4.06. The Kier molecular flexibility index (Phi) is 4.83. The molecule has 0 unspecified atom stereocenters. The van der Waals surface area contributed by atoms with Crippen LogP contribution in [0.5, 0.6) is 5.75 Å². The third kappa shape index (κ3) is 3.10. The second-order valence-electron chi connectivity index (χ2n) is 5.37. The largest absolute Gasteiger partial charge is 0.496 e. The van der Waals surface area contributed by atoms with E-state index in [1.54, 1.807) is 7.11 Å². The van der Waals surface area contributed by atoms with Gasteiger partial charge in [-0.25, -0.2) is 0 Å². The molecular formula is C16H24O3. The zero-order valence-electron chi connectivity index (χ0n) is 12.1. The molecule has 1 aliphatic carbocycles. The molecule has 3 heteroatoms. The lowest BCUT2D eigenvalue weighted by atomic mass is 9.82. The number of methoxy groups -OCH3 is 1. The van der Waals surface area contributed by atoms with Gasteiger partial charge in [-0.15, -0.1) is 0 Å². The minimum atomic E-state index is -0.0521. The van der Waals surface area contributed by atoms with Gasteiger partial charge in [0.25, 0.3) is 0 Å². The number of aliphatic hydroxyl groups excluding tert-OH is 1. The molecule has 1 N–H and O–H groups in total. The van der Waals surface area contributed by atoms with Crippen LogP contribution < -0.4 is 4.74 Å². The Morgan fingerprint density at radius 2 is 2.16 bits per heavy atom. The monoisotopic (exact) mass is 264 g/mol. The van der Waals surface area contributed by atoms with Crippen molar-refractivity contribution in [1.29, 1.82) is 0 Å². The summed E-state index contributed by atoms with van der Waals surface area (Å²) in [4.78, 5) is 0. The Morgan fingerprint density at radius 1 is 1.37 bits per heavy atom. The van der Waals surface area contributed by atoms with Crippen LogP contribution in [0, 0.1) is 5.92 Å². The molecule has 1 aromatic rings. The van der Waals surface area contributed by atoms with Crippen molar-refractivity contribution in [2.75, 3.05) is 13.7 Å². The number of ether oxygens (including phenoxy) is 2. The summed E-state index contributed by atoms with van der Waals surface area (Å²) in [5.41, 5.74) is 2.63. The lowest BCUT2D eigenvalue weighted by Gasteiger charge is -2.33. The van der Waals surface area contributed by atoms with Crippen LogP contribution in [0.3, 0.4) is 0 Å². The molecule has 0 fully saturated rings. The summed E-state index contributed by atoms with van der Waals surface area (Å²) in [5.74, 6) is 1.43. The Bertz CT molecular complexity index is 412. The van der Waals surface area contributed by atoms with Crippen LogP contribution in [0.15, 0.2) is 18.2 Å². The number of aliphatic hydroxyl groups is 1. The predicted octanol–water partition coefficient (Wildman–Crippen LogP) is 2.59. The van der Waals surface area contributed by atoms with Gasteiger partial charge in [0.15, 0.2) is 0 Å². The molecule has 2 rings (SSSR count). The average molecular weight is 264 g/mol. The molecule has 0 bridgehead atoms. The van der Waals surface area contributed by atoms with Gasteiger partial charge in [-0.3, -0.25) is 0 Å². The standard InChI is InChI=1S/C16H24O3/c1-4-13(10-17)19-16-9-14-12(8-11(16)2)6-5-7-15(14)18-3/h5-7,11,13,16-17H,4,8-10H2,1-3H3/t11-,13-,16-/m1/s1. The van der Waals surface area contributed by atoms with Crippen molar-refractivity contribution in [2.45, 2.75) is 45.3 Å². The second kappa shape index (κ2) is 6.40. The minimum absolute atomic E-state index is 0.0521. The third-order valence-corrected chi connectivity index (χ3v) is 4.06. The lowest BCUT2D eigenvalue weighted by molar-refractivity contribution is -0.0649. The summed E-state index contributed by atoms with van der Waals surface area (Å²) in [6.07, 6.45) is 2.85. The van der Waals surface area contributed by atoms with Gasteiger partial charge in [0.1, 0.15) is 5.75 Å². The van der Waals surface area contributed by atoms with Gasteiger partial charge in [0.2, 0.25) is 0 Å². The highest BCUT2D eigenvalue weighted by Crippen LogP contribution is 2.33. The quantitative estimate of drug-likeness (QED) is 0.888. The highest BCUT2D eigenvalue weighted by Gasteiger charge is 2.29. The summed E-state index contributed by atoms with van der Waals surface area (Å²) in [7, 11) is 1.71. The van der Waals surface area contributed by atoms with Crippen molar-refractivity contribution in [1.82, 2.24) is 0 Å². The molecule has 0 heterocycles. The first kappa shape index (κ1) is 14.4. The normalized spacial score (nSPS) is 23.8. The smallest absolute Gasteiger partial charge is 0.122 e. The summed E-state index contributed by atoms with van der Waals surface area (Å²) in [6, 6.07) is 6.23. The van der Waals surface area contributed by atoms with E-state index in [1.807, 2.05) is 19.1 Å². The van der Waals surface area contributed by atoms with Crippen LogP contribution in [-0.4, -0.2) is 31.0 Å². The molecule has 1 aliphatic rings. The van der Waals surface area contributed by atoms with Crippen LogP contribution in [0.4, 0.5) is 0 Å². The van der Waals surface area contributed by atoms with Crippen LogP contribution in [-0.2, 0) is 17.6 Å². The Morgan fingerprint density at radius 3 is 2.79 bits per heavy atom. The predicted molar refractivity (Wildman–Crippen MR) is 75.6 cm³/mol. The van der Waals surface area contributed by atoms with Gasteiger partial charge in [0.05, 0.1) is 25.9 Å². The number of rotatable bonds is 5.